The highest BCUT2D eigenvalue weighted by Crippen LogP contribution is 2.59. The highest BCUT2D eigenvalue weighted by molar-refractivity contribution is 6.27. The molecule has 5 nitrogen and oxygen atoms in total. The first-order chi connectivity index (χ1) is 12.2. The van der Waals surface area contributed by atoms with Crippen LogP contribution in [0, 0.1) is 17.3 Å². The molecule has 5 heteroatoms. The van der Waals surface area contributed by atoms with Gasteiger partial charge in [-0.2, -0.15) is 0 Å². The van der Waals surface area contributed by atoms with Crippen molar-refractivity contribution in [3.8, 4) is 5.75 Å². The summed E-state index contributed by atoms with van der Waals surface area (Å²) in [5.41, 5.74) is -1.27. The van der Waals surface area contributed by atoms with Gasteiger partial charge in [0.25, 0.3) is 0 Å². The van der Waals surface area contributed by atoms with E-state index in [4.69, 9.17) is 4.74 Å². The number of Topliss-reactive ketones (excluding diaryl/α,β-unsaturated/α-hetero) is 1. The summed E-state index contributed by atoms with van der Waals surface area (Å²) in [5, 5.41) is 21.1. The van der Waals surface area contributed by atoms with Gasteiger partial charge in [0.15, 0.2) is 5.78 Å². The molecule has 0 amide bonds. The summed E-state index contributed by atoms with van der Waals surface area (Å²) < 4.78 is 5.57. The smallest absolute Gasteiger partial charge is 0.334 e. The first-order valence-electron chi connectivity index (χ1n) is 8.89. The van der Waals surface area contributed by atoms with Gasteiger partial charge in [-0.25, -0.2) is 4.79 Å². The molecule has 5 unspecified atom stereocenters. The largest absolute Gasteiger partial charge is 0.508 e. The van der Waals surface area contributed by atoms with Crippen LogP contribution in [0.15, 0.2) is 42.5 Å². The van der Waals surface area contributed by atoms with Crippen LogP contribution in [-0.4, -0.2) is 33.7 Å². The molecule has 2 fully saturated rings. The Morgan fingerprint density at radius 1 is 1.19 bits per heavy atom. The molecule has 136 valence electrons. The zero-order chi connectivity index (χ0) is 18.9. The Balaban J connectivity index is 1.87. The van der Waals surface area contributed by atoms with E-state index in [1.54, 1.807) is 25.1 Å². The predicted octanol–water partition coefficient (Wildman–Crippen LogP) is 2.62. The third-order valence-electron chi connectivity index (χ3n) is 6.63. The van der Waals surface area contributed by atoms with Gasteiger partial charge in [0.05, 0.1) is 0 Å². The Labute approximate surface area is 152 Å². The minimum atomic E-state index is -1.42. The number of benzene rings is 1. The third kappa shape index (κ3) is 1.95. The van der Waals surface area contributed by atoms with Crippen LogP contribution in [0.2, 0.25) is 0 Å². The van der Waals surface area contributed by atoms with E-state index < -0.39 is 23.1 Å². The van der Waals surface area contributed by atoms with Crippen molar-refractivity contribution in [2.75, 3.05) is 0 Å². The number of rotatable bonds is 1. The van der Waals surface area contributed by atoms with Crippen molar-refractivity contribution in [1.82, 2.24) is 0 Å². The van der Waals surface area contributed by atoms with E-state index in [2.05, 4.69) is 6.58 Å². The van der Waals surface area contributed by atoms with Crippen LogP contribution in [0.1, 0.15) is 32.3 Å². The number of carbonyl (C=O) groups is 2. The van der Waals surface area contributed by atoms with Crippen molar-refractivity contribution in [3.05, 3.63) is 48.1 Å². The molecule has 26 heavy (non-hydrogen) atoms. The molecular weight excluding hydrogens is 332 g/mol. The van der Waals surface area contributed by atoms with Crippen LogP contribution in [0.3, 0.4) is 0 Å². The second-order valence-electron chi connectivity index (χ2n) is 7.90. The molecule has 1 heterocycles. The summed E-state index contributed by atoms with van der Waals surface area (Å²) in [7, 11) is 0. The molecule has 3 aliphatic rings. The summed E-state index contributed by atoms with van der Waals surface area (Å²) in [4.78, 5) is 25.6. The Kier molecular flexibility index (Phi) is 3.47. The van der Waals surface area contributed by atoms with Crippen LogP contribution in [-0.2, 0) is 14.3 Å². The monoisotopic (exact) mass is 354 g/mol. The minimum Gasteiger partial charge on any atom is -0.508 e. The summed E-state index contributed by atoms with van der Waals surface area (Å²) in [5.74, 6) is -1.06. The summed E-state index contributed by atoms with van der Waals surface area (Å²) in [6.07, 6.45) is 2.22. The Morgan fingerprint density at radius 2 is 1.85 bits per heavy atom. The van der Waals surface area contributed by atoms with Gasteiger partial charge in [-0.15, -0.1) is 0 Å². The molecule has 4 rings (SSSR count). The highest BCUT2D eigenvalue weighted by Gasteiger charge is 2.68. The summed E-state index contributed by atoms with van der Waals surface area (Å²) in [6.45, 7) is 7.48. The average molecular weight is 354 g/mol. The van der Waals surface area contributed by atoms with E-state index >= 15 is 0 Å². The lowest BCUT2D eigenvalue weighted by Gasteiger charge is -2.43. The lowest BCUT2D eigenvalue weighted by molar-refractivity contribution is -0.165. The lowest BCUT2D eigenvalue weighted by atomic mass is 9.64. The number of hydrogen-bond donors (Lipinski definition) is 2. The van der Waals surface area contributed by atoms with Crippen LogP contribution < -0.4 is 0 Å². The van der Waals surface area contributed by atoms with Crippen molar-refractivity contribution in [3.63, 3.8) is 0 Å². The van der Waals surface area contributed by atoms with Gasteiger partial charge in [-0.3, -0.25) is 4.79 Å². The Bertz CT molecular complexity index is 852. The number of ketones is 1. The van der Waals surface area contributed by atoms with Gasteiger partial charge in [0, 0.05) is 17.1 Å². The van der Waals surface area contributed by atoms with Gasteiger partial charge in [0.1, 0.15) is 22.9 Å². The maximum Gasteiger partial charge on any atom is 0.334 e. The molecule has 0 radical (unpaired) electrons. The van der Waals surface area contributed by atoms with Gasteiger partial charge >= 0.3 is 5.97 Å². The van der Waals surface area contributed by atoms with E-state index in [0.29, 0.717) is 29.6 Å². The van der Waals surface area contributed by atoms with Crippen LogP contribution in [0.4, 0.5) is 0 Å². The molecule has 0 aromatic heterocycles. The normalized spacial score (nSPS) is 39.1. The van der Waals surface area contributed by atoms with E-state index in [0.717, 1.165) is 0 Å². The molecule has 5 atom stereocenters. The standard InChI is InChI=1S/C21H22O5/c1-11-4-9-15-12(2)19(24)26-18(15)20(3)17(23)16(10-21(11,20)25)13-5-7-14(22)8-6-13/h5-8,10-11,15,18,22,25H,2,4,9H2,1,3H3. The summed E-state index contributed by atoms with van der Waals surface area (Å²) in [6, 6.07) is 6.32. The van der Waals surface area contributed by atoms with Gasteiger partial charge < -0.3 is 14.9 Å². The average Bonchev–Trinajstić information content (AvgIpc) is 2.99. The quantitative estimate of drug-likeness (QED) is 0.598. The predicted molar refractivity (Wildman–Crippen MR) is 95.1 cm³/mol. The SMILES string of the molecule is C=C1C(=O)OC2C1CCC(C)C1(O)C=C(c3ccc(O)cc3)C(=O)C21C. The molecule has 2 aliphatic carbocycles. The molecular formula is C21H22O5. The molecule has 1 saturated carbocycles. The second-order valence-corrected chi connectivity index (χ2v) is 7.90. The fourth-order valence-corrected chi connectivity index (χ4v) is 4.87. The van der Waals surface area contributed by atoms with Crippen molar-refractivity contribution >= 4 is 17.3 Å². The number of allylic oxidation sites excluding steroid dienone is 1. The molecule has 2 N–H and O–H groups in total. The van der Waals surface area contributed by atoms with E-state index in [9.17, 15) is 19.8 Å². The molecule has 1 saturated heterocycles. The second kappa shape index (κ2) is 5.30. The number of phenols is 1. The first kappa shape index (κ1) is 17.0. The zero-order valence-electron chi connectivity index (χ0n) is 14.9. The number of esters is 1. The number of carbonyl (C=O) groups excluding carboxylic acids is 2. The van der Waals surface area contributed by atoms with Crippen molar-refractivity contribution in [2.24, 2.45) is 17.3 Å². The van der Waals surface area contributed by atoms with E-state index in [1.807, 2.05) is 6.92 Å². The number of aliphatic hydroxyl groups is 1. The first-order valence-corrected chi connectivity index (χ1v) is 8.89. The fraction of sp³-hybridized carbons (Fsp3) is 0.429. The fourth-order valence-electron chi connectivity index (χ4n) is 4.87. The zero-order valence-corrected chi connectivity index (χ0v) is 14.9. The Hall–Kier alpha value is -2.40. The van der Waals surface area contributed by atoms with Crippen molar-refractivity contribution in [2.45, 2.75) is 38.4 Å². The number of hydrogen-bond acceptors (Lipinski definition) is 5. The molecule has 0 bridgehead atoms. The maximum atomic E-state index is 13.5. The summed E-state index contributed by atoms with van der Waals surface area (Å²) >= 11 is 0. The lowest BCUT2D eigenvalue weighted by Crippen LogP contribution is -2.56. The van der Waals surface area contributed by atoms with Gasteiger partial charge in [0.2, 0.25) is 0 Å². The minimum absolute atomic E-state index is 0.105. The van der Waals surface area contributed by atoms with Crippen LogP contribution in [0.5, 0.6) is 5.75 Å². The number of fused-ring (bicyclic) bond motifs is 3. The van der Waals surface area contributed by atoms with Crippen molar-refractivity contribution < 1.29 is 24.5 Å². The van der Waals surface area contributed by atoms with Gasteiger partial charge in [-0.1, -0.05) is 25.6 Å². The molecule has 1 aromatic rings. The molecule has 1 aliphatic heterocycles. The van der Waals surface area contributed by atoms with Gasteiger partial charge in [-0.05, 0) is 49.5 Å². The highest BCUT2D eigenvalue weighted by atomic mass is 16.6. The molecule has 0 spiro atoms. The third-order valence-corrected chi connectivity index (χ3v) is 6.63. The van der Waals surface area contributed by atoms with Crippen molar-refractivity contribution in [1.29, 1.82) is 0 Å². The molecule has 1 aromatic carbocycles. The maximum absolute atomic E-state index is 13.5. The van der Waals surface area contributed by atoms with Crippen LogP contribution >= 0.6 is 0 Å². The number of ether oxygens (including phenoxy) is 1. The number of phenolic OH excluding ortho intramolecular Hbond substituents is 1. The topological polar surface area (TPSA) is 83.8 Å². The number of aromatic hydroxyl groups is 1. The Morgan fingerprint density at radius 3 is 2.50 bits per heavy atom. The van der Waals surface area contributed by atoms with E-state index in [-0.39, 0.29) is 23.4 Å². The van der Waals surface area contributed by atoms with Crippen LogP contribution in [0.25, 0.3) is 5.57 Å². The van der Waals surface area contributed by atoms with E-state index in [1.165, 1.54) is 12.1 Å².